The van der Waals surface area contributed by atoms with E-state index in [0.717, 1.165) is 38.0 Å². The van der Waals surface area contributed by atoms with Crippen LogP contribution in [0.5, 0.6) is 0 Å². The Balaban J connectivity index is 1.47. The van der Waals surface area contributed by atoms with Crippen molar-refractivity contribution in [3.8, 4) is 0 Å². The molecule has 1 saturated heterocycles. The van der Waals surface area contributed by atoms with Crippen LogP contribution < -0.4 is 5.32 Å². The predicted octanol–water partition coefficient (Wildman–Crippen LogP) is 3.75. The maximum atomic E-state index is 12.2. The molecule has 0 aromatic heterocycles. The number of benzene rings is 1. The molecule has 4 heteroatoms. The van der Waals surface area contributed by atoms with E-state index in [4.69, 9.17) is 0 Å². The topological polar surface area (TPSA) is 35.6 Å². The van der Waals surface area contributed by atoms with Gasteiger partial charge in [-0.1, -0.05) is 44.4 Å². The molecule has 1 fully saturated rings. The lowest BCUT2D eigenvalue weighted by Crippen LogP contribution is -2.48. The minimum atomic E-state index is 0.0483. The Hall–Kier alpha value is -1.81. The molecule has 0 bridgehead atoms. The summed E-state index contributed by atoms with van der Waals surface area (Å²) in [6.45, 7) is 6.27. The van der Waals surface area contributed by atoms with E-state index in [9.17, 15) is 4.79 Å². The molecule has 2 aliphatic rings. The summed E-state index contributed by atoms with van der Waals surface area (Å²) >= 11 is 0. The average Bonchev–Trinajstić information content (AvgIpc) is 3.12. The van der Waals surface area contributed by atoms with Gasteiger partial charge in [0.05, 0.1) is 6.17 Å². The molecule has 1 unspecified atom stereocenters. The summed E-state index contributed by atoms with van der Waals surface area (Å²) in [6.07, 6.45) is 12.1. The van der Waals surface area contributed by atoms with Crippen molar-refractivity contribution in [2.45, 2.75) is 58.2 Å². The third-order valence-corrected chi connectivity index (χ3v) is 5.23. The second kappa shape index (κ2) is 9.04. The fourth-order valence-corrected chi connectivity index (χ4v) is 3.78. The molecule has 1 amide bonds. The van der Waals surface area contributed by atoms with E-state index >= 15 is 0 Å². The van der Waals surface area contributed by atoms with Gasteiger partial charge < -0.3 is 10.2 Å². The molecule has 0 saturated carbocycles. The van der Waals surface area contributed by atoms with Crippen molar-refractivity contribution in [1.29, 1.82) is 0 Å². The first-order chi connectivity index (χ1) is 12.3. The number of hydrogen-bond donors (Lipinski definition) is 1. The largest absolute Gasteiger partial charge is 0.362 e. The van der Waals surface area contributed by atoms with Gasteiger partial charge in [-0.3, -0.25) is 9.69 Å². The van der Waals surface area contributed by atoms with Gasteiger partial charge in [0, 0.05) is 38.2 Å². The molecule has 2 aliphatic heterocycles. The van der Waals surface area contributed by atoms with E-state index in [-0.39, 0.29) is 5.91 Å². The van der Waals surface area contributed by atoms with Crippen molar-refractivity contribution in [3.05, 3.63) is 47.7 Å². The van der Waals surface area contributed by atoms with Crippen LogP contribution in [-0.4, -0.2) is 41.5 Å². The molecule has 0 spiro atoms. The van der Waals surface area contributed by atoms with Gasteiger partial charge in [0.15, 0.2) is 0 Å². The van der Waals surface area contributed by atoms with Gasteiger partial charge in [0.25, 0.3) is 5.91 Å². The summed E-state index contributed by atoms with van der Waals surface area (Å²) in [4.78, 5) is 17.2. The molecule has 0 radical (unpaired) electrons. The van der Waals surface area contributed by atoms with Crippen LogP contribution in [0.2, 0.25) is 0 Å². The highest BCUT2D eigenvalue weighted by atomic mass is 16.1. The Bertz CT molecular complexity index is 581. The lowest BCUT2D eigenvalue weighted by Gasteiger charge is -2.40. The zero-order valence-electron chi connectivity index (χ0n) is 15.4. The molecule has 0 aliphatic carbocycles. The van der Waals surface area contributed by atoms with Crippen molar-refractivity contribution in [2.75, 3.05) is 19.6 Å². The van der Waals surface area contributed by atoms with Gasteiger partial charge in [-0.15, -0.1) is 0 Å². The van der Waals surface area contributed by atoms with Crippen LogP contribution in [0.25, 0.3) is 0 Å². The highest BCUT2D eigenvalue weighted by Gasteiger charge is 2.29. The predicted molar refractivity (Wildman–Crippen MR) is 102 cm³/mol. The second-order valence-corrected chi connectivity index (χ2v) is 7.18. The molecule has 25 heavy (non-hydrogen) atoms. The molecule has 136 valence electrons. The van der Waals surface area contributed by atoms with Gasteiger partial charge in [-0.05, 0) is 36.7 Å². The Labute approximate surface area is 151 Å². The number of rotatable bonds is 8. The van der Waals surface area contributed by atoms with E-state index in [1.807, 2.05) is 12.1 Å². The number of nitrogens with one attached hydrogen (secondary N) is 1. The SMILES string of the molecule is CCCCCCNC(=O)c1ccc(CN2CCCN3C=CCC32)cc1. The normalized spacial score (nSPS) is 19.9. The summed E-state index contributed by atoms with van der Waals surface area (Å²) < 4.78 is 0. The number of hydrogen-bond acceptors (Lipinski definition) is 3. The van der Waals surface area contributed by atoms with Gasteiger partial charge in [-0.25, -0.2) is 0 Å². The number of nitrogens with zero attached hydrogens (tertiary/aromatic N) is 2. The molecule has 3 rings (SSSR count). The average molecular weight is 341 g/mol. The lowest BCUT2D eigenvalue weighted by atomic mass is 10.1. The maximum Gasteiger partial charge on any atom is 0.251 e. The van der Waals surface area contributed by atoms with Crippen LogP contribution in [-0.2, 0) is 6.54 Å². The van der Waals surface area contributed by atoms with Gasteiger partial charge >= 0.3 is 0 Å². The molecule has 1 aromatic rings. The van der Waals surface area contributed by atoms with Crippen molar-refractivity contribution in [3.63, 3.8) is 0 Å². The number of carbonyl (C=O) groups excluding carboxylic acids is 1. The summed E-state index contributed by atoms with van der Waals surface area (Å²) in [5, 5.41) is 3.02. The molecular weight excluding hydrogens is 310 g/mol. The van der Waals surface area contributed by atoms with Crippen LogP contribution >= 0.6 is 0 Å². The number of unbranched alkanes of at least 4 members (excludes halogenated alkanes) is 3. The fourth-order valence-electron chi connectivity index (χ4n) is 3.78. The first kappa shape index (κ1) is 18.0. The fraction of sp³-hybridized carbons (Fsp3) is 0.571. The van der Waals surface area contributed by atoms with Crippen molar-refractivity contribution in [2.24, 2.45) is 0 Å². The molecule has 1 aromatic carbocycles. The summed E-state index contributed by atoms with van der Waals surface area (Å²) in [6, 6.07) is 8.14. The van der Waals surface area contributed by atoms with Crippen LogP contribution in [0.1, 0.15) is 61.4 Å². The Morgan fingerprint density at radius 1 is 1.16 bits per heavy atom. The van der Waals surface area contributed by atoms with Crippen molar-refractivity contribution < 1.29 is 4.79 Å². The van der Waals surface area contributed by atoms with E-state index < -0.39 is 0 Å². The first-order valence-corrected chi connectivity index (χ1v) is 9.81. The van der Waals surface area contributed by atoms with E-state index in [1.54, 1.807) is 0 Å². The minimum Gasteiger partial charge on any atom is -0.362 e. The monoisotopic (exact) mass is 341 g/mol. The van der Waals surface area contributed by atoms with Crippen LogP contribution in [0.4, 0.5) is 0 Å². The maximum absolute atomic E-state index is 12.2. The van der Waals surface area contributed by atoms with Gasteiger partial charge in [-0.2, -0.15) is 0 Å². The summed E-state index contributed by atoms with van der Waals surface area (Å²) in [5.41, 5.74) is 2.05. The van der Waals surface area contributed by atoms with Crippen molar-refractivity contribution >= 4 is 5.91 Å². The van der Waals surface area contributed by atoms with Crippen LogP contribution in [0, 0.1) is 0 Å². The Morgan fingerprint density at radius 3 is 2.80 bits per heavy atom. The first-order valence-electron chi connectivity index (χ1n) is 9.81. The molecule has 2 heterocycles. The molecule has 4 nitrogen and oxygen atoms in total. The highest BCUT2D eigenvalue weighted by Crippen LogP contribution is 2.24. The quantitative estimate of drug-likeness (QED) is 0.732. The third-order valence-electron chi connectivity index (χ3n) is 5.23. The van der Waals surface area contributed by atoms with Crippen LogP contribution in [0.15, 0.2) is 36.5 Å². The second-order valence-electron chi connectivity index (χ2n) is 7.18. The summed E-state index contributed by atoms with van der Waals surface area (Å²) in [5.74, 6) is 0.0483. The standard InChI is InChI=1S/C21H31N3O/c1-2-3-4-5-13-22-21(25)19-11-9-18(10-12-19)17-24-16-7-15-23-14-6-8-20(23)24/h6,9-12,14,20H,2-5,7-8,13,15-17H2,1H3,(H,22,25). The van der Waals surface area contributed by atoms with E-state index in [0.29, 0.717) is 6.17 Å². The van der Waals surface area contributed by atoms with Crippen molar-refractivity contribution in [1.82, 2.24) is 15.1 Å². The van der Waals surface area contributed by atoms with E-state index in [2.05, 4.69) is 46.4 Å². The number of amides is 1. The number of carbonyl (C=O) groups is 1. The lowest BCUT2D eigenvalue weighted by molar-refractivity contribution is 0.0435. The van der Waals surface area contributed by atoms with E-state index in [1.165, 1.54) is 37.8 Å². The molecular formula is C21H31N3O. The Morgan fingerprint density at radius 2 is 2.00 bits per heavy atom. The van der Waals surface area contributed by atoms with Gasteiger partial charge in [0.1, 0.15) is 0 Å². The third kappa shape index (κ3) is 4.85. The molecule has 1 atom stereocenters. The minimum absolute atomic E-state index is 0.0483. The zero-order chi connectivity index (χ0) is 17.5. The van der Waals surface area contributed by atoms with Crippen LogP contribution in [0.3, 0.4) is 0 Å². The van der Waals surface area contributed by atoms with Gasteiger partial charge in [0.2, 0.25) is 0 Å². The highest BCUT2D eigenvalue weighted by molar-refractivity contribution is 5.94. The molecule has 1 N–H and O–H groups in total. The summed E-state index contributed by atoms with van der Waals surface area (Å²) in [7, 11) is 0. The smallest absolute Gasteiger partial charge is 0.251 e. The Kier molecular flexibility index (Phi) is 6.51. The number of fused-ring (bicyclic) bond motifs is 1. The zero-order valence-corrected chi connectivity index (χ0v) is 15.4.